The first-order valence-corrected chi connectivity index (χ1v) is 6.03. The zero-order valence-electron chi connectivity index (χ0n) is 10.8. The summed E-state index contributed by atoms with van der Waals surface area (Å²) in [5.74, 6) is 0.744. The fourth-order valence-corrected chi connectivity index (χ4v) is 2.13. The standard InChI is InChI=1S/C15H21N.ClH/c1-11(16)14-7-5-4-6-12(14)8-9-13-10-15(13,2)3;/h4-9,11,13H,10,16H2,1-3H3;1H/b9-8+;/t11-,13?;/m0./s1. The third-order valence-corrected chi connectivity index (χ3v) is 3.58. The SMILES string of the molecule is C[C@H](N)c1ccccc1/C=C/C1CC1(C)C.Cl. The number of nitrogens with two attached hydrogens (primary N) is 1. The highest BCUT2D eigenvalue weighted by Gasteiger charge is 2.43. The van der Waals surface area contributed by atoms with Gasteiger partial charge < -0.3 is 5.73 Å². The van der Waals surface area contributed by atoms with E-state index in [1.54, 1.807) is 0 Å². The smallest absolute Gasteiger partial charge is 0.0272 e. The quantitative estimate of drug-likeness (QED) is 0.857. The number of allylic oxidation sites excluding steroid dienone is 1. The second kappa shape index (κ2) is 5.24. The second-order valence-corrected chi connectivity index (χ2v) is 5.58. The van der Waals surface area contributed by atoms with Crippen LogP contribution in [0.4, 0.5) is 0 Å². The molecule has 0 aliphatic heterocycles. The Labute approximate surface area is 111 Å². The molecular weight excluding hydrogens is 230 g/mol. The van der Waals surface area contributed by atoms with E-state index in [9.17, 15) is 0 Å². The molecule has 2 heteroatoms. The van der Waals surface area contributed by atoms with E-state index in [2.05, 4.69) is 50.3 Å². The molecule has 0 radical (unpaired) electrons. The van der Waals surface area contributed by atoms with Gasteiger partial charge in [0.05, 0.1) is 0 Å². The summed E-state index contributed by atoms with van der Waals surface area (Å²) in [7, 11) is 0. The van der Waals surface area contributed by atoms with Crippen LogP contribution < -0.4 is 5.73 Å². The molecule has 1 aromatic carbocycles. The molecule has 1 aromatic rings. The molecule has 1 fully saturated rings. The van der Waals surface area contributed by atoms with E-state index in [-0.39, 0.29) is 18.4 Å². The molecule has 1 nitrogen and oxygen atoms in total. The maximum absolute atomic E-state index is 5.96. The van der Waals surface area contributed by atoms with Gasteiger partial charge >= 0.3 is 0 Å². The summed E-state index contributed by atoms with van der Waals surface area (Å²) in [5.41, 5.74) is 8.97. The summed E-state index contributed by atoms with van der Waals surface area (Å²) in [6.07, 6.45) is 5.88. The minimum atomic E-state index is 0. The maximum atomic E-state index is 5.96. The Balaban J connectivity index is 0.00000144. The van der Waals surface area contributed by atoms with Crippen LogP contribution in [-0.4, -0.2) is 0 Å². The minimum Gasteiger partial charge on any atom is -0.324 e. The first kappa shape index (κ1) is 14.3. The lowest BCUT2D eigenvalue weighted by molar-refractivity contribution is 0.611. The van der Waals surface area contributed by atoms with E-state index >= 15 is 0 Å². The summed E-state index contributed by atoms with van der Waals surface area (Å²) in [4.78, 5) is 0. The van der Waals surface area contributed by atoms with Crippen molar-refractivity contribution in [1.82, 2.24) is 0 Å². The van der Waals surface area contributed by atoms with E-state index in [4.69, 9.17) is 5.73 Å². The van der Waals surface area contributed by atoms with Gasteiger partial charge in [0.15, 0.2) is 0 Å². The average Bonchev–Trinajstić information content (AvgIpc) is 2.84. The second-order valence-electron chi connectivity index (χ2n) is 5.58. The van der Waals surface area contributed by atoms with Crippen LogP contribution >= 0.6 is 12.4 Å². The summed E-state index contributed by atoms with van der Waals surface area (Å²) in [5, 5.41) is 0. The fraction of sp³-hybridized carbons (Fsp3) is 0.467. The third-order valence-electron chi connectivity index (χ3n) is 3.58. The van der Waals surface area contributed by atoms with Gasteiger partial charge in [-0.3, -0.25) is 0 Å². The van der Waals surface area contributed by atoms with Gasteiger partial charge in [0, 0.05) is 6.04 Å². The molecule has 1 saturated carbocycles. The predicted molar refractivity (Wildman–Crippen MR) is 77.2 cm³/mol. The molecule has 0 amide bonds. The van der Waals surface area contributed by atoms with Crippen LogP contribution in [0, 0.1) is 11.3 Å². The molecule has 2 rings (SSSR count). The van der Waals surface area contributed by atoms with Gasteiger partial charge in [0.2, 0.25) is 0 Å². The molecule has 17 heavy (non-hydrogen) atoms. The van der Waals surface area contributed by atoms with Crippen molar-refractivity contribution in [2.24, 2.45) is 17.1 Å². The topological polar surface area (TPSA) is 26.0 Å². The Hall–Kier alpha value is -0.790. The van der Waals surface area contributed by atoms with Crippen molar-refractivity contribution in [3.8, 4) is 0 Å². The summed E-state index contributed by atoms with van der Waals surface area (Å²) in [6, 6.07) is 8.49. The van der Waals surface area contributed by atoms with Crippen LogP contribution in [0.1, 0.15) is 44.4 Å². The van der Waals surface area contributed by atoms with Gasteiger partial charge in [-0.1, -0.05) is 50.3 Å². The Kier molecular flexibility index (Phi) is 4.40. The molecule has 0 heterocycles. The molecule has 1 aliphatic carbocycles. The lowest BCUT2D eigenvalue weighted by atomic mass is 10.0. The van der Waals surface area contributed by atoms with Crippen molar-refractivity contribution in [3.63, 3.8) is 0 Å². The normalized spacial score (nSPS) is 23.2. The van der Waals surface area contributed by atoms with Crippen molar-refractivity contribution < 1.29 is 0 Å². The molecular formula is C15H22ClN. The third kappa shape index (κ3) is 3.34. The van der Waals surface area contributed by atoms with Crippen LogP contribution in [0.15, 0.2) is 30.3 Å². The van der Waals surface area contributed by atoms with Gasteiger partial charge in [-0.2, -0.15) is 0 Å². The van der Waals surface area contributed by atoms with Crippen molar-refractivity contribution in [2.45, 2.75) is 33.2 Å². The zero-order chi connectivity index (χ0) is 11.8. The van der Waals surface area contributed by atoms with Gasteiger partial charge in [-0.15, -0.1) is 12.4 Å². The number of rotatable bonds is 3. The lowest BCUT2D eigenvalue weighted by Gasteiger charge is -2.09. The molecule has 0 bridgehead atoms. The highest BCUT2D eigenvalue weighted by molar-refractivity contribution is 5.85. The highest BCUT2D eigenvalue weighted by atomic mass is 35.5. The van der Waals surface area contributed by atoms with E-state index in [0.29, 0.717) is 5.41 Å². The summed E-state index contributed by atoms with van der Waals surface area (Å²) >= 11 is 0. The molecule has 2 N–H and O–H groups in total. The zero-order valence-corrected chi connectivity index (χ0v) is 11.6. The van der Waals surface area contributed by atoms with Crippen LogP contribution in [0.2, 0.25) is 0 Å². The molecule has 2 atom stereocenters. The van der Waals surface area contributed by atoms with E-state index in [0.717, 1.165) is 5.92 Å². The highest BCUT2D eigenvalue weighted by Crippen LogP contribution is 2.52. The van der Waals surface area contributed by atoms with Crippen LogP contribution in [0.25, 0.3) is 6.08 Å². The van der Waals surface area contributed by atoms with E-state index in [1.165, 1.54) is 17.5 Å². The molecule has 0 saturated heterocycles. The number of benzene rings is 1. The Morgan fingerprint density at radius 1 is 1.35 bits per heavy atom. The Morgan fingerprint density at radius 2 is 1.94 bits per heavy atom. The van der Waals surface area contributed by atoms with Crippen LogP contribution in [-0.2, 0) is 0 Å². The van der Waals surface area contributed by atoms with Gasteiger partial charge in [0.1, 0.15) is 0 Å². The molecule has 1 unspecified atom stereocenters. The number of halogens is 1. The summed E-state index contributed by atoms with van der Waals surface area (Å²) < 4.78 is 0. The maximum Gasteiger partial charge on any atom is 0.0272 e. The Bertz CT molecular complexity index is 407. The van der Waals surface area contributed by atoms with Crippen LogP contribution in [0.5, 0.6) is 0 Å². The monoisotopic (exact) mass is 251 g/mol. The molecule has 94 valence electrons. The van der Waals surface area contributed by atoms with Crippen LogP contribution in [0.3, 0.4) is 0 Å². The van der Waals surface area contributed by atoms with Gasteiger partial charge in [0.25, 0.3) is 0 Å². The van der Waals surface area contributed by atoms with Gasteiger partial charge in [-0.05, 0) is 35.8 Å². The summed E-state index contributed by atoms with van der Waals surface area (Å²) in [6.45, 7) is 6.67. The predicted octanol–water partition coefficient (Wildman–Crippen LogP) is 4.19. The Morgan fingerprint density at radius 3 is 2.47 bits per heavy atom. The lowest BCUT2D eigenvalue weighted by Crippen LogP contribution is -2.06. The molecule has 0 aromatic heterocycles. The largest absolute Gasteiger partial charge is 0.324 e. The first-order valence-electron chi connectivity index (χ1n) is 6.03. The minimum absolute atomic E-state index is 0. The van der Waals surface area contributed by atoms with Crippen molar-refractivity contribution in [1.29, 1.82) is 0 Å². The van der Waals surface area contributed by atoms with Crippen molar-refractivity contribution in [3.05, 3.63) is 41.5 Å². The van der Waals surface area contributed by atoms with Gasteiger partial charge in [-0.25, -0.2) is 0 Å². The molecule has 1 aliphatic rings. The first-order chi connectivity index (χ1) is 7.50. The molecule has 0 spiro atoms. The fourth-order valence-electron chi connectivity index (χ4n) is 2.13. The number of hydrogen-bond donors (Lipinski definition) is 1. The van der Waals surface area contributed by atoms with E-state index < -0.39 is 0 Å². The average molecular weight is 252 g/mol. The van der Waals surface area contributed by atoms with Crippen molar-refractivity contribution in [2.75, 3.05) is 0 Å². The number of hydrogen-bond acceptors (Lipinski definition) is 1. The van der Waals surface area contributed by atoms with Crippen molar-refractivity contribution >= 4 is 18.5 Å². The van der Waals surface area contributed by atoms with E-state index in [1.807, 2.05) is 6.92 Å².